The van der Waals surface area contributed by atoms with Gasteiger partial charge in [-0.3, -0.25) is 0 Å². The molecule has 0 rings (SSSR count). The third kappa shape index (κ3) is 3.37. The summed E-state index contributed by atoms with van der Waals surface area (Å²) in [7, 11) is 1.92. The summed E-state index contributed by atoms with van der Waals surface area (Å²) in [6.07, 6.45) is 3.15. The highest BCUT2D eigenvalue weighted by Gasteiger charge is 1.76. The van der Waals surface area contributed by atoms with E-state index in [2.05, 4.69) is 19.2 Å². The topological polar surface area (TPSA) is 12.0 Å². The Morgan fingerprint density at radius 3 is 2.43 bits per heavy atom. The molecule has 0 unspecified atom stereocenters. The number of hydrogen-bond donors (Lipinski definition) is 1. The predicted molar refractivity (Wildman–Crippen MR) is 33.1 cm³/mol. The molecule has 7 heavy (non-hydrogen) atoms. The van der Waals surface area contributed by atoms with Crippen molar-refractivity contribution >= 4 is 0 Å². The Labute approximate surface area is 45.4 Å². The van der Waals surface area contributed by atoms with E-state index in [0.29, 0.717) is 0 Å². The molecule has 0 aliphatic heterocycles. The Hall–Kier alpha value is -0.460. The largest absolute Gasteiger partial charge is 0.394 e. The summed E-state index contributed by atoms with van der Waals surface area (Å²) in [5.41, 5.74) is 1.39. The van der Waals surface area contributed by atoms with Crippen molar-refractivity contribution in [3.05, 3.63) is 11.8 Å². The van der Waals surface area contributed by atoms with E-state index in [1.165, 1.54) is 5.57 Å². The van der Waals surface area contributed by atoms with E-state index in [-0.39, 0.29) is 0 Å². The highest BCUT2D eigenvalue weighted by atomic mass is 14.8. The number of allylic oxidation sites excluding steroid dienone is 1. The zero-order chi connectivity index (χ0) is 5.70. The average Bonchev–Trinajstić information content (AvgIpc) is 1.68. The predicted octanol–water partition coefficient (Wildman–Crippen LogP) is 1.52. The van der Waals surface area contributed by atoms with E-state index in [0.717, 1.165) is 6.42 Å². The van der Waals surface area contributed by atoms with Gasteiger partial charge in [0, 0.05) is 7.05 Å². The first-order chi connectivity index (χ1) is 3.31. The molecule has 0 amide bonds. The van der Waals surface area contributed by atoms with Crippen LogP contribution in [0.2, 0.25) is 0 Å². The van der Waals surface area contributed by atoms with Crippen molar-refractivity contribution < 1.29 is 0 Å². The van der Waals surface area contributed by atoms with Crippen LogP contribution in [0.15, 0.2) is 11.8 Å². The van der Waals surface area contributed by atoms with Crippen molar-refractivity contribution in [3.8, 4) is 0 Å². The number of nitrogens with one attached hydrogen (secondary N) is 1. The Morgan fingerprint density at radius 1 is 1.71 bits per heavy atom. The maximum Gasteiger partial charge on any atom is 0.00276 e. The summed E-state index contributed by atoms with van der Waals surface area (Å²) in [6, 6.07) is 0. The third-order valence-corrected chi connectivity index (χ3v) is 0.948. The second-order valence-corrected chi connectivity index (χ2v) is 1.63. The zero-order valence-corrected chi connectivity index (χ0v) is 5.28. The Kier molecular flexibility index (Phi) is 3.48. The van der Waals surface area contributed by atoms with Gasteiger partial charge in [-0.25, -0.2) is 0 Å². The molecule has 0 aliphatic carbocycles. The van der Waals surface area contributed by atoms with Crippen LogP contribution in [0.25, 0.3) is 0 Å². The fourth-order valence-electron chi connectivity index (χ4n) is 0.348. The second-order valence-electron chi connectivity index (χ2n) is 1.63. The van der Waals surface area contributed by atoms with E-state index >= 15 is 0 Å². The van der Waals surface area contributed by atoms with Crippen LogP contribution in [0.5, 0.6) is 0 Å². The van der Waals surface area contributed by atoms with E-state index in [4.69, 9.17) is 0 Å². The van der Waals surface area contributed by atoms with E-state index in [1.807, 2.05) is 13.2 Å². The lowest BCUT2D eigenvalue weighted by Gasteiger charge is -1.91. The molecule has 0 radical (unpaired) electrons. The molecule has 0 aliphatic rings. The smallest absolute Gasteiger partial charge is 0.00276 e. The normalized spacial score (nSPS) is 11.6. The molecule has 0 fully saturated rings. The monoisotopic (exact) mass is 99.1 g/mol. The molecule has 0 aromatic carbocycles. The minimum absolute atomic E-state index is 1.14. The van der Waals surface area contributed by atoms with Gasteiger partial charge < -0.3 is 5.32 Å². The van der Waals surface area contributed by atoms with Crippen molar-refractivity contribution in [1.82, 2.24) is 5.32 Å². The fraction of sp³-hybridized carbons (Fsp3) is 0.667. The first-order valence-corrected chi connectivity index (χ1v) is 2.64. The van der Waals surface area contributed by atoms with Crippen LogP contribution in [0.3, 0.4) is 0 Å². The minimum Gasteiger partial charge on any atom is -0.394 e. The lowest BCUT2D eigenvalue weighted by molar-refractivity contribution is 1.01. The van der Waals surface area contributed by atoms with Crippen LogP contribution in [0.1, 0.15) is 20.3 Å². The van der Waals surface area contributed by atoms with Crippen LogP contribution < -0.4 is 5.32 Å². The zero-order valence-electron chi connectivity index (χ0n) is 5.28. The average molecular weight is 99.2 g/mol. The molecule has 1 N–H and O–H groups in total. The van der Waals surface area contributed by atoms with Gasteiger partial charge in [0.1, 0.15) is 0 Å². The lowest BCUT2D eigenvalue weighted by Crippen LogP contribution is -1.93. The highest BCUT2D eigenvalue weighted by molar-refractivity contribution is 4.93. The summed E-state index contributed by atoms with van der Waals surface area (Å²) < 4.78 is 0. The van der Waals surface area contributed by atoms with Crippen molar-refractivity contribution in [2.24, 2.45) is 0 Å². The van der Waals surface area contributed by atoms with Crippen molar-refractivity contribution in [2.75, 3.05) is 7.05 Å². The summed E-state index contributed by atoms with van der Waals surface area (Å²) in [4.78, 5) is 0. The molecule has 0 aromatic heterocycles. The van der Waals surface area contributed by atoms with Gasteiger partial charge in [-0.15, -0.1) is 0 Å². The molecule has 1 heteroatoms. The second kappa shape index (κ2) is 3.72. The SMILES string of the molecule is CC/C(C)=C\NC. The quantitative estimate of drug-likeness (QED) is 0.553. The van der Waals surface area contributed by atoms with Gasteiger partial charge in [0.15, 0.2) is 0 Å². The van der Waals surface area contributed by atoms with Gasteiger partial charge in [-0.05, 0) is 19.5 Å². The molecule has 0 spiro atoms. The van der Waals surface area contributed by atoms with Crippen molar-refractivity contribution in [1.29, 1.82) is 0 Å². The highest BCUT2D eigenvalue weighted by Crippen LogP contribution is 1.93. The van der Waals surface area contributed by atoms with Gasteiger partial charge in [0.25, 0.3) is 0 Å². The summed E-state index contributed by atoms with van der Waals surface area (Å²) in [5, 5.41) is 2.96. The summed E-state index contributed by atoms with van der Waals surface area (Å²) >= 11 is 0. The van der Waals surface area contributed by atoms with Crippen LogP contribution in [-0.2, 0) is 0 Å². The van der Waals surface area contributed by atoms with Gasteiger partial charge in [-0.1, -0.05) is 12.5 Å². The molecule has 1 nitrogen and oxygen atoms in total. The van der Waals surface area contributed by atoms with Gasteiger partial charge in [0.05, 0.1) is 0 Å². The fourth-order valence-corrected chi connectivity index (χ4v) is 0.348. The van der Waals surface area contributed by atoms with Gasteiger partial charge in [0.2, 0.25) is 0 Å². The van der Waals surface area contributed by atoms with E-state index in [1.54, 1.807) is 0 Å². The first kappa shape index (κ1) is 6.54. The van der Waals surface area contributed by atoms with E-state index in [9.17, 15) is 0 Å². The maximum absolute atomic E-state index is 2.96. The number of rotatable bonds is 2. The maximum atomic E-state index is 2.96. The van der Waals surface area contributed by atoms with Crippen LogP contribution in [0, 0.1) is 0 Å². The molecule has 42 valence electrons. The molecule has 0 bridgehead atoms. The minimum atomic E-state index is 1.14. The third-order valence-electron chi connectivity index (χ3n) is 0.948. The van der Waals surface area contributed by atoms with Crippen LogP contribution in [0.4, 0.5) is 0 Å². The standard InChI is InChI=1S/C6H13N/c1-4-6(2)5-7-3/h5,7H,4H2,1-3H3/b6-5-. The summed E-state index contributed by atoms with van der Waals surface area (Å²) in [5.74, 6) is 0. The molecular formula is C6H13N. The molecule has 0 saturated carbocycles. The van der Waals surface area contributed by atoms with Gasteiger partial charge in [-0.2, -0.15) is 0 Å². The van der Waals surface area contributed by atoms with Crippen molar-refractivity contribution in [2.45, 2.75) is 20.3 Å². The lowest BCUT2D eigenvalue weighted by atomic mass is 10.3. The Balaban J connectivity index is 3.29. The van der Waals surface area contributed by atoms with Crippen molar-refractivity contribution in [3.63, 3.8) is 0 Å². The van der Waals surface area contributed by atoms with Gasteiger partial charge >= 0.3 is 0 Å². The van der Waals surface area contributed by atoms with E-state index < -0.39 is 0 Å². The molecule has 0 saturated heterocycles. The number of hydrogen-bond acceptors (Lipinski definition) is 1. The van der Waals surface area contributed by atoms with Crippen LogP contribution >= 0.6 is 0 Å². The first-order valence-electron chi connectivity index (χ1n) is 2.64. The molecule has 0 aromatic rings. The molecule has 0 heterocycles. The summed E-state index contributed by atoms with van der Waals surface area (Å²) in [6.45, 7) is 4.25. The van der Waals surface area contributed by atoms with Crippen LogP contribution in [-0.4, -0.2) is 7.05 Å². The molecule has 0 atom stereocenters. The Morgan fingerprint density at radius 2 is 2.29 bits per heavy atom. The Bertz CT molecular complexity index is 64.6. The molecular weight excluding hydrogens is 86.1 g/mol.